The van der Waals surface area contributed by atoms with Crippen molar-refractivity contribution < 1.29 is 4.79 Å². The van der Waals surface area contributed by atoms with E-state index in [1.807, 2.05) is 0 Å². The maximum atomic E-state index is 11.5. The average Bonchev–Trinajstić information content (AvgIpc) is 2.15. The van der Waals surface area contributed by atoms with Crippen molar-refractivity contribution in [1.29, 1.82) is 0 Å². The zero-order valence-electron chi connectivity index (χ0n) is 9.46. The number of anilines is 1. The van der Waals surface area contributed by atoms with Crippen molar-refractivity contribution in [3.05, 3.63) is 11.6 Å². The fraction of sp³-hybridized carbons (Fsp3) is 0.556. The van der Waals surface area contributed by atoms with Crippen LogP contribution in [0.4, 0.5) is 5.95 Å². The van der Waals surface area contributed by atoms with Gasteiger partial charge in [-0.2, -0.15) is 9.97 Å². The second kappa shape index (κ2) is 5.33. The molecule has 5 nitrogen and oxygen atoms in total. The highest BCUT2D eigenvalue weighted by atomic mass is 35.6. The van der Waals surface area contributed by atoms with Gasteiger partial charge in [0.05, 0.1) is 0 Å². The van der Waals surface area contributed by atoms with Gasteiger partial charge >= 0.3 is 0 Å². The van der Waals surface area contributed by atoms with Gasteiger partial charge in [0.2, 0.25) is 15.6 Å². The second-order valence-corrected chi connectivity index (χ2v) is 5.95. The SMILES string of the molecule is Cc1nc(NC(=O)C(C)C)nc(C(Cl)(Cl)Cl)n1. The Balaban J connectivity index is 3.02. The number of carbonyl (C=O) groups excluding carboxylic acids is 1. The van der Waals surface area contributed by atoms with Gasteiger partial charge < -0.3 is 0 Å². The third-order valence-corrected chi connectivity index (χ3v) is 2.27. The monoisotopic (exact) mass is 296 g/mol. The minimum atomic E-state index is -1.75. The van der Waals surface area contributed by atoms with Gasteiger partial charge in [0, 0.05) is 5.92 Å². The van der Waals surface area contributed by atoms with Crippen LogP contribution in [0.25, 0.3) is 0 Å². The number of aromatic nitrogens is 3. The smallest absolute Gasteiger partial charge is 0.250 e. The first kappa shape index (κ1) is 14.4. The fourth-order valence-corrected chi connectivity index (χ4v) is 1.17. The lowest BCUT2D eigenvalue weighted by Gasteiger charge is -2.12. The first-order valence-corrected chi connectivity index (χ1v) is 5.94. The number of amides is 1. The molecule has 0 fully saturated rings. The standard InChI is InChI=1S/C9H11Cl3N4O/c1-4(2)6(17)15-8-14-5(3)13-7(16-8)9(10,11)12/h4H,1-3H3,(H,13,14,15,16,17). The first-order chi connectivity index (χ1) is 7.70. The van der Waals surface area contributed by atoms with Crippen molar-refractivity contribution in [3.8, 4) is 0 Å². The highest BCUT2D eigenvalue weighted by Gasteiger charge is 2.28. The van der Waals surface area contributed by atoms with Crippen LogP contribution in [0, 0.1) is 12.8 Å². The predicted molar refractivity (Wildman–Crippen MR) is 67.3 cm³/mol. The van der Waals surface area contributed by atoms with Crippen molar-refractivity contribution in [2.75, 3.05) is 5.32 Å². The molecule has 0 bridgehead atoms. The minimum absolute atomic E-state index is 0.0194. The number of aryl methyl sites for hydroxylation is 1. The topological polar surface area (TPSA) is 67.8 Å². The van der Waals surface area contributed by atoms with E-state index in [2.05, 4.69) is 20.3 Å². The Bertz CT molecular complexity index is 431. The van der Waals surface area contributed by atoms with Crippen LogP contribution < -0.4 is 5.32 Å². The molecule has 1 amide bonds. The lowest BCUT2D eigenvalue weighted by atomic mass is 10.2. The summed E-state index contributed by atoms with van der Waals surface area (Å²) < 4.78 is -1.75. The normalized spacial score (nSPS) is 11.7. The minimum Gasteiger partial charge on any atom is -0.294 e. The zero-order valence-corrected chi connectivity index (χ0v) is 11.7. The second-order valence-electron chi connectivity index (χ2n) is 3.67. The molecule has 17 heavy (non-hydrogen) atoms. The van der Waals surface area contributed by atoms with Gasteiger partial charge in [-0.3, -0.25) is 10.1 Å². The molecule has 8 heteroatoms. The summed E-state index contributed by atoms with van der Waals surface area (Å²) in [5.41, 5.74) is 0. The highest BCUT2D eigenvalue weighted by molar-refractivity contribution is 6.66. The molecule has 0 aromatic carbocycles. The van der Waals surface area contributed by atoms with Gasteiger partial charge in [-0.15, -0.1) is 0 Å². The summed E-state index contributed by atoms with van der Waals surface area (Å²) in [6.45, 7) is 5.12. The van der Waals surface area contributed by atoms with Crippen LogP contribution in [-0.2, 0) is 8.59 Å². The molecule has 0 aliphatic rings. The Labute approximate surface area is 114 Å². The fourth-order valence-electron chi connectivity index (χ4n) is 0.919. The van der Waals surface area contributed by atoms with Gasteiger partial charge in [-0.1, -0.05) is 48.7 Å². The number of hydrogen-bond acceptors (Lipinski definition) is 4. The molecule has 0 spiro atoms. The van der Waals surface area contributed by atoms with Crippen molar-refractivity contribution >= 4 is 46.7 Å². The molecule has 0 aliphatic heterocycles. The number of halogens is 3. The maximum Gasteiger partial charge on any atom is 0.250 e. The summed E-state index contributed by atoms with van der Waals surface area (Å²) >= 11 is 17.0. The van der Waals surface area contributed by atoms with E-state index in [1.54, 1.807) is 20.8 Å². The molecule has 0 unspecified atom stereocenters. The third kappa shape index (κ3) is 4.26. The molecule has 1 heterocycles. The van der Waals surface area contributed by atoms with E-state index in [9.17, 15) is 4.79 Å². The van der Waals surface area contributed by atoms with Gasteiger partial charge in [-0.05, 0) is 6.92 Å². The summed E-state index contributed by atoms with van der Waals surface area (Å²) in [5.74, 6) is 0.0149. The number of rotatable bonds is 2. The van der Waals surface area contributed by atoms with Crippen molar-refractivity contribution in [2.24, 2.45) is 5.92 Å². The summed E-state index contributed by atoms with van der Waals surface area (Å²) in [7, 11) is 0. The highest BCUT2D eigenvalue weighted by Crippen LogP contribution is 2.35. The largest absolute Gasteiger partial charge is 0.294 e. The molecule has 0 radical (unpaired) electrons. The van der Waals surface area contributed by atoms with E-state index < -0.39 is 3.79 Å². The van der Waals surface area contributed by atoms with E-state index in [0.717, 1.165) is 0 Å². The maximum absolute atomic E-state index is 11.5. The first-order valence-electron chi connectivity index (χ1n) is 4.81. The predicted octanol–water partition coefficient (Wildman–Crippen LogP) is 2.60. The zero-order chi connectivity index (χ0) is 13.2. The molecule has 1 aromatic rings. The Morgan fingerprint density at radius 1 is 1.24 bits per heavy atom. The number of hydrogen-bond donors (Lipinski definition) is 1. The number of nitrogens with zero attached hydrogens (tertiary/aromatic N) is 3. The van der Waals surface area contributed by atoms with Gasteiger partial charge in [0.15, 0.2) is 5.82 Å². The van der Waals surface area contributed by atoms with Crippen LogP contribution in [0.1, 0.15) is 25.5 Å². The number of nitrogens with one attached hydrogen (secondary N) is 1. The van der Waals surface area contributed by atoms with E-state index >= 15 is 0 Å². The van der Waals surface area contributed by atoms with Crippen LogP contribution in [-0.4, -0.2) is 20.9 Å². The van der Waals surface area contributed by atoms with E-state index in [-0.39, 0.29) is 23.6 Å². The molecule has 0 saturated heterocycles. The molecule has 1 N–H and O–H groups in total. The van der Waals surface area contributed by atoms with Crippen LogP contribution in [0.2, 0.25) is 0 Å². The van der Waals surface area contributed by atoms with Crippen LogP contribution in [0.3, 0.4) is 0 Å². The van der Waals surface area contributed by atoms with Gasteiger partial charge in [0.25, 0.3) is 0 Å². The molecule has 94 valence electrons. The van der Waals surface area contributed by atoms with Crippen LogP contribution in [0.15, 0.2) is 0 Å². The lowest BCUT2D eigenvalue weighted by Crippen LogP contribution is -2.21. The summed E-state index contributed by atoms with van der Waals surface area (Å²) in [4.78, 5) is 23.2. The summed E-state index contributed by atoms with van der Waals surface area (Å²) in [5, 5.41) is 2.52. The van der Waals surface area contributed by atoms with Crippen molar-refractivity contribution in [3.63, 3.8) is 0 Å². The third-order valence-electron chi connectivity index (χ3n) is 1.76. The Kier molecular flexibility index (Phi) is 4.52. The Hall–Kier alpha value is -0.650. The quantitative estimate of drug-likeness (QED) is 0.852. The van der Waals surface area contributed by atoms with Crippen molar-refractivity contribution in [2.45, 2.75) is 24.6 Å². The van der Waals surface area contributed by atoms with Gasteiger partial charge in [0.1, 0.15) is 5.82 Å². The molecule has 0 aliphatic carbocycles. The van der Waals surface area contributed by atoms with Crippen LogP contribution >= 0.6 is 34.8 Å². The summed E-state index contributed by atoms with van der Waals surface area (Å²) in [6.07, 6.45) is 0. The average molecular weight is 298 g/mol. The molecular weight excluding hydrogens is 286 g/mol. The van der Waals surface area contributed by atoms with E-state index in [1.165, 1.54) is 0 Å². The molecule has 0 atom stereocenters. The Morgan fingerprint density at radius 2 is 1.82 bits per heavy atom. The molecule has 1 aromatic heterocycles. The van der Waals surface area contributed by atoms with Crippen LogP contribution in [0.5, 0.6) is 0 Å². The molecular formula is C9H11Cl3N4O. The molecule has 1 rings (SSSR count). The van der Waals surface area contributed by atoms with E-state index in [0.29, 0.717) is 5.82 Å². The summed E-state index contributed by atoms with van der Waals surface area (Å²) in [6, 6.07) is 0. The number of alkyl halides is 3. The lowest BCUT2D eigenvalue weighted by molar-refractivity contribution is -0.118. The van der Waals surface area contributed by atoms with Gasteiger partial charge in [-0.25, -0.2) is 4.98 Å². The number of carbonyl (C=O) groups is 1. The Morgan fingerprint density at radius 3 is 2.29 bits per heavy atom. The molecule has 0 saturated carbocycles. The van der Waals surface area contributed by atoms with E-state index in [4.69, 9.17) is 34.8 Å². The van der Waals surface area contributed by atoms with Crippen molar-refractivity contribution in [1.82, 2.24) is 15.0 Å².